The number of ether oxygens (including phenoxy) is 1. The van der Waals surface area contributed by atoms with E-state index in [9.17, 15) is 19.5 Å². The van der Waals surface area contributed by atoms with Gasteiger partial charge in [-0.3, -0.25) is 4.79 Å². The van der Waals surface area contributed by atoms with E-state index in [4.69, 9.17) is 9.15 Å². The van der Waals surface area contributed by atoms with E-state index in [2.05, 4.69) is 22.4 Å². The number of fused-ring (bicyclic) bond motifs is 3. The quantitative estimate of drug-likeness (QED) is 0.556. The first-order chi connectivity index (χ1) is 17.0. The van der Waals surface area contributed by atoms with Crippen LogP contribution in [0, 0.1) is 0 Å². The van der Waals surface area contributed by atoms with Gasteiger partial charge in [0.1, 0.15) is 12.6 Å². The highest BCUT2D eigenvalue weighted by Crippen LogP contribution is 2.44. The fraction of sp³-hybridized carbons (Fsp3) is 0.308. The number of nitrogens with zero attached hydrogens (tertiary/aromatic N) is 2. The van der Waals surface area contributed by atoms with Gasteiger partial charge in [-0.25, -0.2) is 14.6 Å². The highest BCUT2D eigenvalue weighted by atomic mass is 16.5. The molecule has 1 unspecified atom stereocenters. The highest BCUT2D eigenvalue weighted by Gasteiger charge is 2.35. The summed E-state index contributed by atoms with van der Waals surface area (Å²) < 4.78 is 10.8. The molecule has 2 amide bonds. The lowest BCUT2D eigenvalue weighted by molar-refractivity contribution is -0.143. The van der Waals surface area contributed by atoms with Crippen LogP contribution in [0.25, 0.3) is 11.1 Å². The van der Waals surface area contributed by atoms with Crippen molar-refractivity contribution in [3.05, 3.63) is 77.5 Å². The monoisotopic (exact) mass is 475 g/mol. The van der Waals surface area contributed by atoms with Crippen molar-refractivity contribution in [2.45, 2.75) is 37.8 Å². The third-order valence-corrected chi connectivity index (χ3v) is 6.63. The average Bonchev–Trinajstić information content (AvgIpc) is 3.48. The van der Waals surface area contributed by atoms with Crippen LogP contribution >= 0.6 is 0 Å². The summed E-state index contributed by atoms with van der Waals surface area (Å²) in [6, 6.07) is 15.2. The standard InChI is InChI=1S/C26H25N3O6/c30-24(29-12-6-5-11-21(29)25(31)32)23-22(35-15-28-23)13-27-26(33)34-14-20-18-9-3-1-7-16(18)17-8-2-4-10-19(17)20/h1-4,7-10,15,20-21H,5-6,11-14H2,(H,27,33)(H,31,32). The first-order valence-corrected chi connectivity index (χ1v) is 11.6. The number of hydrogen-bond acceptors (Lipinski definition) is 6. The number of nitrogens with one attached hydrogen (secondary N) is 1. The molecular weight excluding hydrogens is 450 g/mol. The molecule has 2 heterocycles. The van der Waals surface area contributed by atoms with E-state index in [1.807, 2.05) is 36.4 Å². The normalized spacial score (nSPS) is 16.9. The Kier molecular flexibility index (Phi) is 6.22. The van der Waals surface area contributed by atoms with Crippen molar-refractivity contribution < 1.29 is 28.6 Å². The van der Waals surface area contributed by atoms with Gasteiger partial charge in [-0.15, -0.1) is 0 Å². The van der Waals surface area contributed by atoms with Crippen LogP contribution in [0.3, 0.4) is 0 Å². The molecule has 1 saturated heterocycles. The zero-order valence-corrected chi connectivity index (χ0v) is 19.0. The maximum Gasteiger partial charge on any atom is 0.407 e. The van der Waals surface area contributed by atoms with E-state index in [1.54, 1.807) is 0 Å². The Labute approximate surface area is 201 Å². The summed E-state index contributed by atoms with van der Waals surface area (Å²) in [6.07, 6.45) is 2.33. The van der Waals surface area contributed by atoms with Crippen molar-refractivity contribution in [2.75, 3.05) is 13.2 Å². The Hall–Kier alpha value is -4.14. The fourth-order valence-corrected chi connectivity index (χ4v) is 4.94. The molecule has 9 heteroatoms. The lowest BCUT2D eigenvalue weighted by atomic mass is 9.98. The second-order valence-electron chi connectivity index (χ2n) is 8.65. The van der Waals surface area contributed by atoms with Crippen LogP contribution in [0.4, 0.5) is 4.79 Å². The molecule has 1 atom stereocenters. The molecule has 9 nitrogen and oxygen atoms in total. The number of likely N-dealkylation sites (tertiary alicyclic amines) is 1. The Bertz CT molecular complexity index is 1220. The number of aromatic nitrogens is 1. The molecule has 0 saturated carbocycles. The number of hydrogen-bond donors (Lipinski definition) is 2. The SMILES string of the molecule is O=C(NCc1ocnc1C(=O)N1CCCCC1C(=O)O)OCC1c2ccccc2-c2ccccc21. The Morgan fingerprint density at radius 1 is 1.06 bits per heavy atom. The summed E-state index contributed by atoms with van der Waals surface area (Å²) in [4.78, 5) is 42.3. The van der Waals surface area contributed by atoms with Crippen LogP contribution in [0.15, 0.2) is 59.3 Å². The molecule has 5 rings (SSSR count). The van der Waals surface area contributed by atoms with E-state index < -0.39 is 24.0 Å². The molecule has 1 aliphatic carbocycles. The van der Waals surface area contributed by atoms with E-state index in [0.717, 1.165) is 41.5 Å². The number of rotatable bonds is 6. The van der Waals surface area contributed by atoms with Crippen molar-refractivity contribution >= 4 is 18.0 Å². The van der Waals surface area contributed by atoms with Gasteiger partial charge < -0.3 is 24.5 Å². The number of oxazole rings is 1. The van der Waals surface area contributed by atoms with Crippen molar-refractivity contribution in [3.63, 3.8) is 0 Å². The Morgan fingerprint density at radius 2 is 1.74 bits per heavy atom. The topological polar surface area (TPSA) is 122 Å². The number of carboxylic acids is 1. The minimum Gasteiger partial charge on any atom is -0.480 e. The smallest absolute Gasteiger partial charge is 0.407 e. The summed E-state index contributed by atoms with van der Waals surface area (Å²) >= 11 is 0. The largest absolute Gasteiger partial charge is 0.480 e. The van der Waals surface area contributed by atoms with Gasteiger partial charge in [-0.05, 0) is 41.5 Å². The van der Waals surface area contributed by atoms with Crippen molar-refractivity contribution in [1.29, 1.82) is 0 Å². The maximum absolute atomic E-state index is 13.0. The van der Waals surface area contributed by atoms with Crippen molar-refractivity contribution in [3.8, 4) is 11.1 Å². The molecule has 0 spiro atoms. The van der Waals surface area contributed by atoms with Gasteiger partial charge in [0.05, 0.1) is 6.54 Å². The predicted octanol–water partition coefficient (Wildman–Crippen LogP) is 3.79. The number of aliphatic carboxylic acids is 1. The third kappa shape index (κ3) is 4.37. The molecular formula is C26H25N3O6. The van der Waals surface area contributed by atoms with Crippen molar-refractivity contribution in [2.24, 2.45) is 0 Å². The van der Waals surface area contributed by atoms with Gasteiger partial charge in [-0.1, -0.05) is 48.5 Å². The van der Waals surface area contributed by atoms with E-state index >= 15 is 0 Å². The lowest BCUT2D eigenvalue weighted by Crippen LogP contribution is -2.48. The van der Waals surface area contributed by atoms with Gasteiger partial charge in [0.25, 0.3) is 5.91 Å². The number of carbonyl (C=O) groups is 3. The van der Waals surface area contributed by atoms with Crippen LogP contribution in [0.1, 0.15) is 52.6 Å². The van der Waals surface area contributed by atoms with E-state index in [1.165, 1.54) is 4.90 Å². The van der Waals surface area contributed by atoms with Crippen LogP contribution in [-0.4, -0.2) is 52.2 Å². The van der Waals surface area contributed by atoms with Crippen LogP contribution in [0.2, 0.25) is 0 Å². The van der Waals surface area contributed by atoms with Gasteiger partial charge in [0.2, 0.25) is 0 Å². The maximum atomic E-state index is 13.0. The molecule has 180 valence electrons. The second-order valence-corrected chi connectivity index (χ2v) is 8.65. The van der Waals surface area contributed by atoms with Crippen molar-refractivity contribution in [1.82, 2.24) is 15.2 Å². The number of carbonyl (C=O) groups excluding carboxylic acids is 2. The minimum atomic E-state index is -1.04. The zero-order valence-electron chi connectivity index (χ0n) is 19.0. The van der Waals surface area contributed by atoms with Gasteiger partial charge in [-0.2, -0.15) is 0 Å². The summed E-state index contributed by atoms with van der Waals surface area (Å²) in [5.74, 6) is -1.48. The first kappa shape index (κ1) is 22.6. The minimum absolute atomic E-state index is 0.00269. The van der Waals surface area contributed by atoms with Gasteiger partial charge in [0.15, 0.2) is 17.8 Å². The number of benzene rings is 2. The predicted molar refractivity (Wildman–Crippen MR) is 125 cm³/mol. The third-order valence-electron chi connectivity index (χ3n) is 6.63. The van der Waals surface area contributed by atoms with Gasteiger partial charge >= 0.3 is 12.1 Å². The Balaban J connectivity index is 1.21. The molecule has 0 bridgehead atoms. The van der Waals surface area contributed by atoms with E-state index in [-0.39, 0.29) is 30.5 Å². The molecule has 2 aliphatic rings. The molecule has 3 aromatic rings. The average molecular weight is 476 g/mol. The molecule has 2 aromatic carbocycles. The highest BCUT2D eigenvalue weighted by molar-refractivity contribution is 5.96. The Morgan fingerprint density at radius 3 is 2.43 bits per heavy atom. The summed E-state index contributed by atoms with van der Waals surface area (Å²) in [5.41, 5.74) is 4.49. The molecule has 1 aromatic heterocycles. The fourth-order valence-electron chi connectivity index (χ4n) is 4.94. The molecule has 1 aliphatic heterocycles. The molecule has 2 N–H and O–H groups in total. The van der Waals surface area contributed by atoms with Crippen LogP contribution < -0.4 is 5.32 Å². The summed E-state index contributed by atoms with van der Waals surface area (Å²) in [7, 11) is 0. The summed E-state index contributed by atoms with van der Waals surface area (Å²) in [6.45, 7) is 0.390. The summed E-state index contributed by atoms with van der Waals surface area (Å²) in [5, 5.41) is 12.1. The van der Waals surface area contributed by atoms with Gasteiger partial charge in [0, 0.05) is 12.5 Å². The van der Waals surface area contributed by atoms with Crippen LogP contribution in [-0.2, 0) is 16.1 Å². The number of piperidine rings is 1. The number of alkyl carbamates (subject to hydrolysis) is 1. The zero-order chi connectivity index (χ0) is 24.4. The molecule has 0 radical (unpaired) electrons. The second kappa shape index (κ2) is 9.61. The lowest BCUT2D eigenvalue weighted by Gasteiger charge is -2.32. The van der Waals surface area contributed by atoms with Crippen LogP contribution in [0.5, 0.6) is 0 Å². The number of carboxylic acid groups (broad SMARTS) is 1. The number of amides is 2. The molecule has 35 heavy (non-hydrogen) atoms. The first-order valence-electron chi connectivity index (χ1n) is 11.6. The molecule has 1 fully saturated rings. The van der Waals surface area contributed by atoms with E-state index in [0.29, 0.717) is 13.0 Å².